The monoisotopic (exact) mass is 368 g/mol. The summed E-state index contributed by atoms with van der Waals surface area (Å²) in [4.78, 5) is 24.1. The molecule has 1 aromatic heterocycles. The van der Waals surface area contributed by atoms with Crippen LogP contribution in [-0.2, 0) is 6.42 Å². The first-order valence-electron chi connectivity index (χ1n) is 8.41. The Kier molecular flexibility index (Phi) is 5.61. The number of rotatable bonds is 6. The number of hydrogen-bond acceptors (Lipinski definition) is 5. The molecule has 0 saturated carbocycles. The summed E-state index contributed by atoms with van der Waals surface area (Å²) in [6.45, 7) is 0.332. The number of benzene rings is 2. The molecule has 0 atom stereocenters. The molecule has 1 heterocycles. The highest BCUT2D eigenvalue weighted by molar-refractivity contribution is 5.80. The zero-order valence-corrected chi connectivity index (χ0v) is 15.1. The maximum atomic E-state index is 12.5. The van der Waals surface area contributed by atoms with Crippen LogP contribution >= 0.6 is 0 Å². The molecule has 2 aromatic carbocycles. The van der Waals surface area contributed by atoms with Gasteiger partial charge in [0.25, 0.3) is 0 Å². The lowest BCUT2D eigenvalue weighted by Crippen LogP contribution is -2.30. The Morgan fingerprint density at radius 2 is 1.85 bits per heavy atom. The Bertz CT molecular complexity index is 976. The lowest BCUT2D eigenvalue weighted by Gasteiger charge is -2.13. The van der Waals surface area contributed by atoms with Gasteiger partial charge in [-0.05, 0) is 18.1 Å². The molecule has 0 saturated heterocycles. The van der Waals surface area contributed by atoms with Crippen molar-refractivity contribution in [1.82, 2.24) is 10.1 Å². The van der Waals surface area contributed by atoms with Crippen LogP contribution in [0.5, 0.6) is 11.5 Å². The van der Waals surface area contributed by atoms with E-state index in [9.17, 15) is 9.59 Å². The first kappa shape index (κ1) is 18.3. The minimum atomic E-state index is -0.585. The van der Waals surface area contributed by atoms with E-state index in [0.717, 1.165) is 10.3 Å². The average Bonchev–Trinajstić information content (AvgIpc) is 3.10. The minimum Gasteiger partial charge on any atom is -0.493 e. The number of hydrogen-bond donors (Lipinski definition) is 1. The van der Waals surface area contributed by atoms with Crippen LogP contribution in [0, 0.1) is 0 Å². The third-order valence-electron chi connectivity index (χ3n) is 4.06. The van der Waals surface area contributed by atoms with Gasteiger partial charge in [-0.1, -0.05) is 42.5 Å². The standard InChI is InChI=1S/C20H20N2O5/c1-25-17-10-6-9-15(19(17)26-2)11-12-21-20(24)22-16(13-18(23)27-22)14-7-4-3-5-8-14/h3-10,13H,11-12H2,1-2H3,(H,21,24). The van der Waals surface area contributed by atoms with Crippen molar-refractivity contribution in [1.29, 1.82) is 0 Å². The van der Waals surface area contributed by atoms with Crippen molar-refractivity contribution in [3.8, 4) is 22.8 Å². The van der Waals surface area contributed by atoms with Gasteiger partial charge in [-0.3, -0.25) is 0 Å². The van der Waals surface area contributed by atoms with Crippen molar-refractivity contribution < 1.29 is 18.8 Å². The molecule has 1 amide bonds. The fourth-order valence-electron chi connectivity index (χ4n) is 2.82. The summed E-state index contributed by atoms with van der Waals surface area (Å²) in [5.41, 5.74) is 1.43. The fraction of sp³-hybridized carbons (Fsp3) is 0.200. The van der Waals surface area contributed by atoms with E-state index in [4.69, 9.17) is 14.0 Å². The highest BCUT2D eigenvalue weighted by atomic mass is 16.5. The summed E-state index contributed by atoms with van der Waals surface area (Å²) < 4.78 is 16.7. The summed E-state index contributed by atoms with van der Waals surface area (Å²) in [7, 11) is 3.14. The predicted molar refractivity (Wildman–Crippen MR) is 100 cm³/mol. The lowest BCUT2D eigenvalue weighted by molar-refractivity contribution is 0.208. The molecule has 7 heteroatoms. The third kappa shape index (κ3) is 4.03. The number of ether oxygens (including phenoxy) is 2. The molecule has 7 nitrogen and oxygen atoms in total. The molecular formula is C20H20N2O5. The Hall–Kier alpha value is -3.48. The van der Waals surface area contributed by atoms with Gasteiger partial charge in [0.05, 0.1) is 20.3 Å². The second kappa shape index (κ2) is 8.27. The average molecular weight is 368 g/mol. The van der Waals surface area contributed by atoms with E-state index in [-0.39, 0.29) is 0 Å². The number of methoxy groups -OCH3 is 2. The summed E-state index contributed by atoms with van der Waals surface area (Å²) >= 11 is 0. The van der Waals surface area contributed by atoms with Crippen molar-refractivity contribution in [3.63, 3.8) is 0 Å². The normalized spacial score (nSPS) is 10.4. The van der Waals surface area contributed by atoms with Gasteiger partial charge in [0.2, 0.25) is 0 Å². The van der Waals surface area contributed by atoms with E-state index >= 15 is 0 Å². The number of carbonyl (C=O) groups excluding carboxylic acids is 1. The number of carbonyl (C=O) groups is 1. The molecule has 0 bridgehead atoms. The molecule has 3 rings (SSSR count). The summed E-state index contributed by atoms with van der Waals surface area (Å²) in [6, 6.07) is 15.4. The van der Waals surface area contributed by atoms with Gasteiger partial charge in [-0.15, -0.1) is 4.74 Å². The van der Waals surface area contributed by atoms with E-state index in [2.05, 4.69) is 5.32 Å². The van der Waals surface area contributed by atoms with Crippen molar-refractivity contribution in [3.05, 3.63) is 70.6 Å². The van der Waals surface area contributed by atoms with Crippen LogP contribution < -0.4 is 20.4 Å². The highest BCUT2D eigenvalue weighted by Crippen LogP contribution is 2.30. The van der Waals surface area contributed by atoms with Gasteiger partial charge in [0.15, 0.2) is 11.5 Å². The highest BCUT2D eigenvalue weighted by Gasteiger charge is 2.16. The molecule has 0 aliphatic carbocycles. The first-order chi connectivity index (χ1) is 13.1. The summed E-state index contributed by atoms with van der Waals surface area (Å²) in [6.07, 6.45) is 0.526. The van der Waals surface area contributed by atoms with Crippen molar-refractivity contribution in [2.24, 2.45) is 0 Å². The number of nitrogens with zero attached hydrogens (tertiary/aromatic N) is 1. The van der Waals surface area contributed by atoms with E-state index < -0.39 is 11.7 Å². The van der Waals surface area contributed by atoms with Crippen LogP contribution in [0.25, 0.3) is 11.3 Å². The van der Waals surface area contributed by atoms with Gasteiger partial charge < -0.3 is 19.3 Å². The van der Waals surface area contributed by atoms with Crippen LogP contribution in [0.2, 0.25) is 0 Å². The number of aromatic nitrogens is 1. The van der Waals surface area contributed by atoms with Crippen molar-refractivity contribution >= 4 is 6.03 Å². The van der Waals surface area contributed by atoms with Crippen LogP contribution in [-0.4, -0.2) is 31.5 Å². The lowest BCUT2D eigenvalue weighted by atomic mass is 10.1. The van der Waals surface area contributed by atoms with Crippen LogP contribution in [0.1, 0.15) is 5.56 Å². The maximum absolute atomic E-state index is 12.5. The molecule has 1 N–H and O–H groups in total. The van der Waals surface area contributed by atoms with Crippen molar-refractivity contribution in [2.45, 2.75) is 6.42 Å². The van der Waals surface area contributed by atoms with E-state index in [1.807, 2.05) is 36.4 Å². The van der Waals surface area contributed by atoms with Crippen molar-refractivity contribution in [2.75, 3.05) is 20.8 Å². The van der Waals surface area contributed by atoms with Crippen LogP contribution in [0.4, 0.5) is 4.79 Å². The second-order valence-corrected chi connectivity index (χ2v) is 5.73. The quantitative estimate of drug-likeness (QED) is 0.723. The number of amides is 1. The largest absolute Gasteiger partial charge is 0.493 e. The molecule has 0 spiro atoms. The molecular weight excluding hydrogens is 348 g/mol. The van der Waals surface area contributed by atoms with Gasteiger partial charge in [0, 0.05) is 12.1 Å². The first-order valence-corrected chi connectivity index (χ1v) is 8.41. The zero-order valence-electron chi connectivity index (χ0n) is 15.1. The molecule has 0 fully saturated rings. The summed E-state index contributed by atoms with van der Waals surface area (Å²) in [5.74, 6) is 1.26. The molecule has 0 unspecified atom stereocenters. The van der Waals surface area contributed by atoms with Gasteiger partial charge >= 0.3 is 11.7 Å². The minimum absolute atomic E-state index is 0.332. The zero-order chi connectivity index (χ0) is 19.2. The maximum Gasteiger partial charge on any atom is 0.358 e. The van der Waals surface area contributed by atoms with E-state index in [0.29, 0.717) is 35.7 Å². The van der Waals surface area contributed by atoms with Gasteiger partial charge in [-0.25, -0.2) is 9.59 Å². The molecule has 27 heavy (non-hydrogen) atoms. The number of para-hydroxylation sites is 1. The fourth-order valence-corrected chi connectivity index (χ4v) is 2.82. The van der Waals surface area contributed by atoms with Gasteiger partial charge in [-0.2, -0.15) is 0 Å². The predicted octanol–water partition coefficient (Wildman–Crippen LogP) is 2.93. The molecule has 140 valence electrons. The Morgan fingerprint density at radius 3 is 2.56 bits per heavy atom. The third-order valence-corrected chi connectivity index (χ3v) is 4.06. The van der Waals surface area contributed by atoms with Gasteiger partial charge in [0.1, 0.15) is 5.69 Å². The Labute approximate surface area is 156 Å². The topological polar surface area (TPSA) is 82.7 Å². The van der Waals surface area contributed by atoms with Crippen LogP contribution in [0.3, 0.4) is 0 Å². The Morgan fingerprint density at radius 1 is 1.07 bits per heavy atom. The Balaban J connectivity index is 1.72. The smallest absolute Gasteiger partial charge is 0.358 e. The molecule has 3 aromatic rings. The molecule has 0 aliphatic heterocycles. The number of nitrogens with one attached hydrogen (secondary N) is 1. The SMILES string of the molecule is COc1cccc(CCNC(=O)n2oc(=O)cc2-c2ccccc2)c1OC. The van der Waals surface area contributed by atoms with E-state index in [1.54, 1.807) is 26.4 Å². The molecule has 0 radical (unpaired) electrons. The van der Waals surface area contributed by atoms with Crippen LogP contribution in [0.15, 0.2) is 63.9 Å². The summed E-state index contributed by atoms with van der Waals surface area (Å²) in [5, 5.41) is 2.75. The second-order valence-electron chi connectivity index (χ2n) is 5.73. The molecule has 0 aliphatic rings. The van der Waals surface area contributed by atoms with E-state index in [1.165, 1.54) is 6.07 Å².